The van der Waals surface area contributed by atoms with E-state index in [9.17, 15) is 13.0 Å². The first kappa shape index (κ1) is 12.7. The van der Waals surface area contributed by atoms with Crippen molar-refractivity contribution in [3.8, 4) is 12.3 Å². The second-order valence-electron chi connectivity index (χ2n) is 2.99. The Balaban J connectivity index is 4.69. The summed E-state index contributed by atoms with van der Waals surface area (Å²) in [6, 6.07) is 0. The van der Waals surface area contributed by atoms with Crippen molar-refractivity contribution in [3.63, 3.8) is 0 Å². The molecule has 1 atom stereocenters. The molecule has 0 aliphatic heterocycles. The van der Waals surface area contributed by atoms with Crippen molar-refractivity contribution in [1.29, 1.82) is 0 Å². The van der Waals surface area contributed by atoms with Gasteiger partial charge in [-0.25, -0.2) is 0 Å². The predicted molar refractivity (Wildman–Crippen MR) is 52.6 cm³/mol. The van der Waals surface area contributed by atoms with Gasteiger partial charge in [0.1, 0.15) is 18.7 Å². The molecule has 1 unspecified atom stereocenters. The zero-order valence-electron chi connectivity index (χ0n) is 7.85. The van der Waals surface area contributed by atoms with E-state index in [1.165, 1.54) is 20.3 Å². The fourth-order valence-corrected chi connectivity index (χ4v) is 3.62. The molecule has 0 aliphatic carbocycles. The minimum Gasteiger partial charge on any atom is -0.323 e. The van der Waals surface area contributed by atoms with Gasteiger partial charge in [-0.05, 0) is 20.3 Å². The summed E-state index contributed by atoms with van der Waals surface area (Å²) < 4.78 is 38.3. The van der Waals surface area contributed by atoms with Gasteiger partial charge in [0.15, 0.2) is 0 Å². The van der Waals surface area contributed by atoms with E-state index in [1.54, 1.807) is 0 Å². The molecule has 0 saturated carbocycles. The zero-order chi connectivity index (χ0) is 10.7. The van der Waals surface area contributed by atoms with Gasteiger partial charge in [-0.15, -0.1) is 6.42 Å². The van der Waals surface area contributed by atoms with Crippen molar-refractivity contribution in [1.82, 2.24) is 0 Å². The number of hydrogen-bond donors (Lipinski definition) is 0. The molecule has 4 nitrogen and oxygen atoms in total. The Bertz CT molecular complexity index is 345. The van der Waals surface area contributed by atoms with Gasteiger partial charge in [-0.2, -0.15) is 8.42 Å². The Hall–Kier alpha value is -0.300. The number of rotatable bonds is 4. The normalized spacial score (nSPS) is 14.9. The van der Waals surface area contributed by atoms with E-state index >= 15 is 0 Å². The smallest absolute Gasteiger partial charge is 0.277 e. The molecule has 0 spiro atoms. The molecule has 0 fully saturated rings. The molecule has 0 bridgehead atoms. The van der Waals surface area contributed by atoms with Gasteiger partial charge < -0.3 is 4.57 Å². The summed E-state index contributed by atoms with van der Waals surface area (Å²) in [6.45, 7) is 3.84. The first-order valence-corrected chi connectivity index (χ1v) is 7.72. The molecule has 0 aliphatic rings. The molecular formula is C7H13O4PS. The van der Waals surface area contributed by atoms with Crippen molar-refractivity contribution >= 4 is 17.3 Å². The van der Waals surface area contributed by atoms with Crippen molar-refractivity contribution in [2.45, 2.75) is 11.9 Å². The van der Waals surface area contributed by atoms with Gasteiger partial charge in [-0.3, -0.25) is 4.18 Å². The van der Waals surface area contributed by atoms with Crippen molar-refractivity contribution in [2.75, 3.05) is 19.9 Å². The first-order chi connectivity index (χ1) is 5.72. The topological polar surface area (TPSA) is 60.4 Å². The molecule has 0 saturated heterocycles. The average molecular weight is 224 g/mol. The Morgan fingerprint density at radius 2 is 2.00 bits per heavy atom. The first-order valence-electron chi connectivity index (χ1n) is 3.58. The zero-order valence-corrected chi connectivity index (χ0v) is 9.56. The highest BCUT2D eigenvalue weighted by atomic mass is 32.2. The lowest BCUT2D eigenvalue weighted by Crippen LogP contribution is -2.20. The lowest BCUT2D eigenvalue weighted by Gasteiger charge is -2.15. The second-order valence-corrected chi connectivity index (χ2v) is 8.91. The fraction of sp³-hybridized carbons (Fsp3) is 0.714. The highest BCUT2D eigenvalue weighted by Crippen LogP contribution is 2.45. The molecule has 0 aromatic heterocycles. The molecule has 6 heteroatoms. The Morgan fingerprint density at radius 3 is 2.31 bits per heavy atom. The third kappa shape index (κ3) is 3.95. The molecule has 0 rings (SSSR count). The van der Waals surface area contributed by atoms with Crippen LogP contribution in [0.3, 0.4) is 0 Å². The summed E-state index contributed by atoms with van der Waals surface area (Å²) in [7, 11) is -6.49. The predicted octanol–water partition coefficient (Wildman–Crippen LogP) is 0.935. The van der Waals surface area contributed by atoms with Gasteiger partial charge in [0.25, 0.3) is 10.1 Å². The van der Waals surface area contributed by atoms with Gasteiger partial charge in [0.2, 0.25) is 0 Å². The lowest BCUT2D eigenvalue weighted by molar-refractivity contribution is 0.361. The van der Waals surface area contributed by atoms with Crippen LogP contribution in [0.1, 0.15) is 6.92 Å². The highest BCUT2D eigenvalue weighted by Gasteiger charge is 2.32. The minimum absolute atomic E-state index is 0.313. The fourth-order valence-electron chi connectivity index (χ4n) is 0.526. The van der Waals surface area contributed by atoms with E-state index in [2.05, 4.69) is 4.18 Å². The van der Waals surface area contributed by atoms with Crippen molar-refractivity contribution in [3.05, 3.63) is 0 Å². The quantitative estimate of drug-likeness (QED) is 0.405. The van der Waals surface area contributed by atoms with Crippen molar-refractivity contribution < 1.29 is 17.2 Å². The summed E-state index contributed by atoms with van der Waals surface area (Å²) in [6.07, 6.45) is 4.84. The number of hydrogen-bond acceptors (Lipinski definition) is 4. The molecule has 0 N–H and O–H groups in total. The van der Waals surface area contributed by atoms with Crippen LogP contribution in [0, 0.1) is 12.3 Å². The van der Waals surface area contributed by atoms with Crippen LogP contribution in [0.25, 0.3) is 0 Å². The molecule has 0 amide bonds. The van der Waals surface area contributed by atoms with Crippen LogP contribution in [-0.4, -0.2) is 33.3 Å². The summed E-state index contributed by atoms with van der Waals surface area (Å²) in [4.78, 5) is -1.01. The van der Waals surface area contributed by atoms with Crippen LogP contribution in [-0.2, 0) is 18.9 Å². The third-order valence-electron chi connectivity index (χ3n) is 1.60. The largest absolute Gasteiger partial charge is 0.323 e. The molecule has 0 aromatic rings. The van der Waals surface area contributed by atoms with E-state index in [4.69, 9.17) is 6.42 Å². The van der Waals surface area contributed by atoms with E-state index in [0.29, 0.717) is 0 Å². The van der Waals surface area contributed by atoms with Crippen LogP contribution in [0.15, 0.2) is 0 Å². The number of terminal acetylenes is 1. The maximum Gasteiger partial charge on any atom is 0.277 e. The maximum absolute atomic E-state index is 11.4. The van der Waals surface area contributed by atoms with Gasteiger partial charge in [0, 0.05) is 0 Å². The SMILES string of the molecule is C#CCOS(=O)(=O)C(C)P(C)(C)=O. The van der Waals surface area contributed by atoms with Crippen LogP contribution in [0.2, 0.25) is 0 Å². The average Bonchev–Trinajstić information content (AvgIpc) is 1.98. The maximum atomic E-state index is 11.4. The molecule has 76 valence electrons. The Kier molecular flexibility index (Phi) is 4.18. The lowest BCUT2D eigenvalue weighted by atomic mass is 10.8. The summed E-state index contributed by atoms with van der Waals surface area (Å²) in [5.41, 5.74) is 0. The Labute approximate surface area is 79.2 Å². The highest BCUT2D eigenvalue weighted by molar-refractivity contribution is 7.96. The van der Waals surface area contributed by atoms with Crippen LogP contribution < -0.4 is 0 Å². The van der Waals surface area contributed by atoms with Crippen LogP contribution >= 0.6 is 7.14 Å². The van der Waals surface area contributed by atoms with Crippen LogP contribution in [0.5, 0.6) is 0 Å². The van der Waals surface area contributed by atoms with Crippen LogP contribution in [0.4, 0.5) is 0 Å². The molecule has 0 radical (unpaired) electrons. The summed E-state index contributed by atoms with van der Waals surface area (Å²) in [5, 5.41) is 0. The van der Waals surface area contributed by atoms with E-state index in [0.717, 1.165) is 0 Å². The molecule has 13 heavy (non-hydrogen) atoms. The Morgan fingerprint density at radius 1 is 1.54 bits per heavy atom. The molecule has 0 aromatic carbocycles. The monoisotopic (exact) mass is 224 g/mol. The standard InChI is InChI=1S/C7H13O4PS/c1-5-6-11-13(9,10)7(2)12(3,4)8/h1,7H,6H2,2-4H3. The summed E-state index contributed by atoms with van der Waals surface area (Å²) >= 11 is 0. The van der Waals surface area contributed by atoms with E-state index < -0.39 is 22.3 Å². The second kappa shape index (κ2) is 4.28. The van der Waals surface area contributed by atoms with Gasteiger partial charge in [0.05, 0.1) is 0 Å². The molecular weight excluding hydrogens is 211 g/mol. The minimum atomic E-state index is -3.79. The molecule has 0 heterocycles. The summed E-state index contributed by atoms with van der Waals surface area (Å²) in [5.74, 6) is 2.04. The van der Waals surface area contributed by atoms with Gasteiger partial charge in [-0.1, -0.05) is 5.92 Å². The van der Waals surface area contributed by atoms with Gasteiger partial charge >= 0.3 is 0 Å². The van der Waals surface area contributed by atoms with E-state index in [1.807, 2.05) is 5.92 Å². The van der Waals surface area contributed by atoms with E-state index in [-0.39, 0.29) is 6.61 Å². The van der Waals surface area contributed by atoms with Crippen molar-refractivity contribution in [2.24, 2.45) is 0 Å². The third-order valence-corrected chi connectivity index (χ3v) is 6.93.